The summed E-state index contributed by atoms with van der Waals surface area (Å²) in [5.74, 6) is 1.66. The second-order valence-electron chi connectivity index (χ2n) is 6.38. The highest BCUT2D eigenvalue weighted by molar-refractivity contribution is 5.94. The van der Waals surface area contributed by atoms with E-state index >= 15 is 0 Å². The Balaban J connectivity index is 1.65. The first kappa shape index (κ1) is 19.3. The molecule has 1 N–H and O–H groups in total. The SMILES string of the molecule is COc1ccc(-c2cc(CNC(=O)c3ccc(N(C)C)cc3)no2)cc1OC. The molecule has 28 heavy (non-hydrogen) atoms. The lowest BCUT2D eigenvalue weighted by molar-refractivity contribution is 0.0950. The number of aromatic nitrogens is 1. The van der Waals surface area contributed by atoms with Gasteiger partial charge in [0.25, 0.3) is 5.91 Å². The first-order chi connectivity index (χ1) is 13.5. The predicted molar refractivity (Wildman–Crippen MR) is 107 cm³/mol. The molecule has 0 bridgehead atoms. The summed E-state index contributed by atoms with van der Waals surface area (Å²) in [4.78, 5) is 14.3. The van der Waals surface area contributed by atoms with Crippen LogP contribution in [0.15, 0.2) is 53.1 Å². The zero-order valence-electron chi connectivity index (χ0n) is 16.4. The Morgan fingerprint density at radius 1 is 1.04 bits per heavy atom. The zero-order valence-corrected chi connectivity index (χ0v) is 16.4. The van der Waals surface area contributed by atoms with Gasteiger partial charge in [0.05, 0.1) is 20.8 Å². The maximum atomic E-state index is 12.3. The van der Waals surface area contributed by atoms with Gasteiger partial charge >= 0.3 is 0 Å². The van der Waals surface area contributed by atoms with Crippen molar-refractivity contribution in [3.05, 3.63) is 59.8 Å². The quantitative estimate of drug-likeness (QED) is 0.676. The van der Waals surface area contributed by atoms with Crippen LogP contribution in [0.4, 0.5) is 5.69 Å². The molecule has 3 rings (SSSR count). The van der Waals surface area contributed by atoms with E-state index in [1.807, 2.05) is 43.3 Å². The van der Waals surface area contributed by atoms with E-state index in [0.717, 1.165) is 11.3 Å². The van der Waals surface area contributed by atoms with Crippen molar-refractivity contribution in [2.75, 3.05) is 33.2 Å². The number of methoxy groups -OCH3 is 2. The summed E-state index contributed by atoms with van der Waals surface area (Å²) in [6.07, 6.45) is 0. The number of hydrogen-bond acceptors (Lipinski definition) is 6. The van der Waals surface area contributed by atoms with E-state index in [1.165, 1.54) is 0 Å². The van der Waals surface area contributed by atoms with Gasteiger partial charge < -0.3 is 24.2 Å². The molecule has 0 radical (unpaired) electrons. The molecule has 0 saturated heterocycles. The van der Waals surface area contributed by atoms with Gasteiger partial charge in [-0.25, -0.2) is 0 Å². The molecule has 146 valence electrons. The molecule has 1 aromatic heterocycles. The van der Waals surface area contributed by atoms with E-state index in [9.17, 15) is 4.79 Å². The molecule has 0 atom stereocenters. The maximum absolute atomic E-state index is 12.3. The highest BCUT2D eigenvalue weighted by atomic mass is 16.5. The lowest BCUT2D eigenvalue weighted by Crippen LogP contribution is -2.23. The Morgan fingerprint density at radius 2 is 1.75 bits per heavy atom. The van der Waals surface area contributed by atoms with Crippen LogP contribution in [0.3, 0.4) is 0 Å². The molecule has 0 aliphatic heterocycles. The summed E-state index contributed by atoms with van der Waals surface area (Å²) in [5.41, 5.74) is 3.06. The molecule has 0 aliphatic rings. The third-order valence-corrected chi connectivity index (χ3v) is 4.30. The second-order valence-corrected chi connectivity index (χ2v) is 6.38. The third-order valence-electron chi connectivity index (χ3n) is 4.30. The molecule has 7 heteroatoms. The van der Waals surface area contributed by atoms with Crippen LogP contribution in [0.2, 0.25) is 0 Å². The third kappa shape index (κ3) is 4.25. The normalized spacial score (nSPS) is 10.4. The fourth-order valence-electron chi connectivity index (χ4n) is 2.70. The first-order valence-electron chi connectivity index (χ1n) is 8.75. The Hall–Kier alpha value is -3.48. The highest BCUT2D eigenvalue weighted by Crippen LogP contribution is 2.32. The summed E-state index contributed by atoms with van der Waals surface area (Å²) in [7, 11) is 7.07. The number of anilines is 1. The van der Waals surface area contributed by atoms with Crippen LogP contribution in [0, 0.1) is 0 Å². The summed E-state index contributed by atoms with van der Waals surface area (Å²) in [6.45, 7) is 0.269. The van der Waals surface area contributed by atoms with Crippen molar-refractivity contribution in [1.82, 2.24) is 10.5 Å². The molecule has 1 amide bonds. The molecule has 0 fully saturated rings. The molecule has 0 aliphatic carbocycles. The van der Waals surface area contributed by atoms with Crippen molar-refractivity contribution >= 4 is 11.6 Å². The van der Waals surface area contributed by atoms with E-state index in [-0.39, 0.29) is 12.5 Å². The van der Waals surface area contributed by atoms with E-state index in [0.29, 0.717) is 28.5 Å². The summed E-state index contributed by atoms with van der Waals surface area (Å²) < 4.78 is 15.9. The van der Waals surface area contributed by atoms with Gasteiger partial charge in [-0.3, -0.25) is 4.79 Å². The van der Waals surface area contributed by atoms with Gasteiger partial charge in [0, 0.05) is 37.0 Å². The highest BCUT2D eigenvalue weighted by Gasteiger charge is 2.12. The van der Waals surface area contributed by atoms with E-state index < -0.39 is 0 Å². The van der Waals surface area contributed by atoms with E-state index in [4.69, 9.17) is 14.0 Å². The van der Waals surface area contributed by atoms with Crippen LogP contribution >= 0.6 is 0 Å². The Kier molecular flexibility index (Phi) is 5.84. The van der Waals surface area contributed by atoms with Crippen LogP contribution < -0.4 is 19.7 Å². The van der Waals surface area contributed by atoms with Crippen molar-refractivity contribution in [3.8, 4) is 22.8 Å². The number of carbonyl (C=O) groups is 1. The monoisotopic (exact) mass is 381 g/mol. The van der Waals surface area contributed by atoms with Crippen LogP contribution in [0.1, 0.15) is 16.1 Å². The summed E-state index contributed by atoms with van der Waals surface area (Å²) in [6, 6.07) is 14.7. The summed E-state index contributed by atoms with van der Waals surface area (Å²) >= 11 is 0. The first-order valence-corrected chi connectivity index (χ1v) is 8.75. The van der Waals surface area contributed by atoms with Crippen LogP contribution in [-0.4, -0.2) is 39.4 Å². The number of ether oxygens (including phenoxy) is 2. The van der Waals surface area contributed by atoms with E-state index in [2.05, 4.69) is 10.5 Å². The molecule has 3 aromatic rings. The van der Waals surface area contributed by atoms with Gasteiger partial charge in [-0.15, -0.1) is 0 Å². The van der Waals surface area contributed by atoms with Crippen molar-refractivity contribution in [2.45, 2.75) is 6.54 Å². The lowest BCUT2D eigenvalue weighted by atomic mass is 10.1. The maximum Gasteiger partial charge on any atom is 0.251 e. The number of carbonyl (C=O) groups excluding carboxylic acids is 1. The topological polar surface area (TPSA) is 76.8 Å². The van der Waals surface area contributed by atoms with Crippen molar-refractivity contribution in [3.63, 3.8) is 0 Å². The number of amides is 1. The molecule has 2 aromatic carbocycles. The number of hydrogen-bond donors (Lipinski definition) is 1. The van der Waals surface area contributed by atoms with E-state index in [1.54, 1.807) is 38.5 Å². The Morgan fingerprint density at radius 3 is 2.39 bits per heavy atom. The number of nitrogens with zero attached hydrogens (tertiary/aromatic N) is 2. The average molecular weight is 381 g/mol. The number of benzene rings is 2. The minimum atomic E-state index is -0.166. The Bertz CT molecular complexity index is 949. The van der Waals surface area contributed by atoms with Gasteiger partial charge in [0.2, 0.25) is 0 Å². The minimum Gasteiger partial charge on any atom is -0.493 e. The summed E-state index contributed by atoms with van der Waals surface area (Å²) in [5, 5.41) is 6.87. The largest absolute Gasteiger partial charge is 0.493 e. The fraction of sp³-hybridized carbons (Fsp3) is 0.238. The molecule has 7 nitrogen and oxygen atoms in total. The molecule has 0 saturated carbocycles. The minimum absolute atomic E-state index is 0.166. The van der Waals surface area contributed by atoms with Gasteiger partial charge in [0.1, 0.15) is 5.69 Å². The van der Waals surface area contributed by atoms with Gasteiger partial charge in [0.15, 0.2) is 17.3 Å². The smallest absolute Gasteiger partial charge is 0.251 e. The molecule has 0 spiro atoms. The molecular weight excluding hydrogens is 358 g/mol. The van der Waals surface area contributed by atoms with Gasteiger partial charge in [-0.1, -0.05) is 5.16 Å². The van der Waals surface area contributed by atoms with Crippen molar-refractivity contribution in [2.24, 2.45) is 0 Å². The predicted octanol–water partition coefficient (Wildman–Crippen LogP) is 3.35. The zero-order chi connectivity index (χ0) is 20.1. The number of nitrogens with one attached hydrogen (secondary N) is 1. The van der Waals surface area contributed by atoms with Crippen LogP contribution in [-0.2, 0) is 6.54 Å². The molecule has 1 heterocycles. The fourth-order valence-corrected chi connectivity index (χ4v) is 2.70. The van der Waals surface area contributed by atoms with Crippen molar-refractivity contribution in [1.29, 1.82) is 0 Å². The Labute approximate surface area is 163 Å². The van der Waals surface area contributed by atoms with Gasteiger partial charge in [-0.2, -0.15) is 0 Å². The standard InChI is InChI=1S/C21H23N3O4/c1-24(2)17-8-5-14(6-9-17)21(25)22-13-16-12-19(28-23-16)15-7-10-18(26-3)20(11-15)27-4/h5-12H,13H2,1-4H3,(H,22,25). The second kappa shape index (κ2) is 8.47. The molecular formula is C21H23N3O4. The lowest BCUT2D eigenvalue weighted by Gasteiger charge is -2.12. The van der Waals surface area contributed by atoms with Crippen molar-refractivity contribution < 1.29 is 18.8 Å². The average Bonchev–Trinajstić information content (AvgIpc) is 3.20. The number of rotatable bonds is 7. The van der Waals surface area contributed by atoms with Gasteiger partial charge in [-0.05, 0) is 42.5 Å². The molecule has 0 unspecified atom stereocenters. The van der Waals surface area contributed by atoms with Crippen LogP contribution in [0.5, 0.6) is 11.5 Å². The van der Waals surface area contributed by atoms with Crippen LogP contribution in [0.25, 0.3) is 11.3 Å².